The second-order valence-electron chi connectivity index (χ2n) is 5.73. The van der Waals surface area contributed by atoms with Crippen molar-refractivity contribution in [3.05, 3.63) is 24.3 Å². The number of nitrogens with two attached hydrogens (primary N) is 1. The van der Waals surface area contributed by atoms with E-state index in [1.54, 1.807) is 6.33 Å². The number of rotatable bonds is 7. The van der Waals surface area contributed by atoms with Gasteiger partial charge in [-0.2, -0.15) is 0 Å². The predicted octanol–water partition coefficient (Wildman–Crippen LogP) is 1.60. The average Bonchev–Trinajstić information content (AvgIpc) is 3.27. The molecular weight excluding hydrogens is 224 g/mol. The van der Waals surface area contributed by atoms with Crippen LogP contribution in [-0.2, 0) is 0 Å². The predicted molar refractivity (Wildman–Crippen MR) is 70.8 cm³/mol. The molecule has 1 unspecified atom stereocenters. The van der Waals surface area contributed by atoms with Crippen LogP contribution in [0, 0.1) is 11.8 Å². The Hall–Kier alpha value is -1.00. The van der Waals surface area contributed by atoms with Crippen LogP contribution in [0.2, 0.25) is 0 Å². The molecule has 2 aliphatic rings. The Morgan fingerprint density at radius 1 is 1.22 bits per heavy atom. The number of nitrogens with zero attached hydrogens (tertiary/aromatic N) is 3. The largest absolute Gasteiger partial charge is 0.329 e. The molecule has 0 radical (unpaired) electrons. The first-order valence-electron chi connectivity index (χ1n) is 7.07. The minimum Gasteiger partial charge on any atom is -0.329 e. The van der Waals surface area contributed by atoms with Crippen LogP contribution in [0.4, 0.5) is 0 Å². The Labute approximate surface area is 109 Å². The molecule has 3 rings (SSSR count). The summed E-state index contributed by atoms with van der Waals surface area (Å²) in [6.07, 6.45) is 9.01. The fourth-order valence-corrected chi connectivity index (χ4v) is 2.55. The van der Waals surface area contributed by atoms with E-state index in [0.29, 0.717) is 6.54 Å². The highest BCUT2D eigenvalue weighted by Crippen LogP contribution is 2.36. The second kappa shape index (κ2) is 5.33. The Bertz CT molecular complexity index is 359. The van der Waals surface area contributed by atoms with Gasteiger partial charge in [0.2, 0.25) is 0 Å². The lowest BCUT2D eigenvalue weighted by Gasteiger charge is -2.30. The van der Waals surface area contributed by atoms with Gasteiger partial charge in [0, 0.05) is 25.8 Å². The van der Waals surface area contributed by atoms with Crippen molar-refractivity contribution >= 4 is 0 Å². The summed E-state index contributed by atoms with van der Waals surface area (Å²) in [5, 5.41) is 0. The fraction of sp³-hybridized carbons (Fsp3) is 0.714. The Kier molecular flexibility index (Phi) is 3.57. The van der Waals surface area contributed by atoms with Gasteiger partial charge < -0.3 is 5.73 Å². The highest BCUT2D eigenvalue weighted by molar-refractivity contribution is 5.06. The van der Waals surface area contributed by atoms with Gasteiger partial charge >= 0.3 is 0 Å². The molecule has 2 N–H and O–H groups in total. The highest BCUT2D eigenvalue weighted by Gasteiger charge is 2.33. The number of hydrogen-bond acceptors (Lipinski definition) is 4. The molecule has 2 fully saturated rings. The van der Waals surface area contributed by atoms with Gasteiger partial charge in [0.05, 0.1) is 11.7 Å². The first-order valence-corrected chi connectivity index (χ1v) is 7.07. The summed E-state index contributed by atoms with van der Waals surface area (Å²) in [5.74, 6) is 1.80. The fourth-order valence-electron chi connectivity index (χ4n) is 2.55. The summed E-state index contributed by atoms with van der Waals surface area (Å²) in [4.78, 5) is 11.0. The lowest BCUT2D eigenvalue weighted by molar-refractivity contribution is 0.181. The molecule has 2 aliphatic carbocycles. The minimum atomic E-state index is 0.272. The molecule has 1 heterocycles. The Balaban J connectivity index is 1.71. The van der Waals surface area contributed by atoms with Gasteiger partial charge in [-0.3, -0.25) is 4.90 Å². The van der Waals surface area contributed by atoms with Gasteiger partial charge in [0.15, 0.2) is 0 Å². The van der Waals surface area contributed by atoms with Gasteiger partial charge in [0.25, 0.3) is 0 Å². The molecule has 18 heavy (non-hydrogen) atoms. The van der Waals surface area contributed by atoms with E-state index in [9.17, 15) is 0 Å². The lowest BCUT2D eigenvalue weighted by atomic mass is 10.1. The lowest BCUT2D eigenvalue weighted by Crippen LogP contribution is -2.37. The van der Waals surface area contributed by atoms with Crippen molar-refractivity contribution in [1.82, 2.24) is 14.9 Å². The third-order valence-corrected chi connectivity index (χ3v) is 3.99. The monoisotopic (exact) mass is 246 g/mol. The van der Waals surface area contributed by atoms with Gasteiger partial charge in [-0.15, -0.1) is 0 Å². The molecule has 0 amide bonds. The summed E-state index contributed by atoms with van der Waals surface area (Å²) >= 11 is 0. The maximum Gasteiger partial charge on any atom is 0.115 e. The van der Waals surface area contributed by atoms with E-state index in [1.165, 1.54) is 38.8 Å². The zero-order valence-electron chi connectivity index (χ0n) is 10.8. The molecule has 4 heteroatoms. The molecule has 4 nitrogen and oxygen atoms in total. The molecule has 0 aliphatic heterocycles. The molecule has 2 saturated carbocycles. The molecule has 1 aromatic rings. The van der Waals surface area contributed by atoms with Crippen LogP contribution in [0.1, 0.15) is 37.4 Å². The Morgan fingerprint density at radius 3 is 2.33 bits per heavy atom. The average molecular weight is 246 g/mol. The maximum atomic E-state index is 6.00. The zero-order valence-corrected chi connectivity index (χ0v) is 10.8. The molecule has 0 aromatic carbocycles. The first kappa shape index (κ1) is 12.1. The second-order valence-corrected chi connectivity index (χ2v) is 5.73. The normalized spacial score (nSPS) is 21.2. The van der Waals surface area contributed by atoms with Gasteiger partial charge in [-0.1, -0.05) is 0 Å². The number of hydrogen-bond donors (Lipinski definition) is 1. The van der Waals surface area contributed by atoms with Gasteiger partial charge in [0.1, 0.15) is 6.33 Å². The molecule has 0 saturated heterocycles. The first-order chi connectivity index (χ1) is 8.86. The van der Waals surface area contributed by atoms with Crippen molar-refractivity contribution in [2.75, 3.05) is 19.6 Å². The van der Waals surface area contributed by atoms with Crippen molar-refractivity contribution in [3.8, 4) is 0 Å². The van der Waals surface area contributed by atoms with E-state index in [4.69, 9.17) is 5.73 Å². The molecular formula is C14H22N4. The molecule has 98 valence electrons. The van der Waals surface area contributed by atoms with E-state index >= 15 is 0 Å². The van der Waals surface area contributed by atoms with Gasteiger partial charge in [-0.25, -0.2) is 9.97 Å². The third-order valence-electron chi connectivity index (χ3n) is 3.99. The standard InChI is InChI=1S/C14H22N4/c15-7-14(13-5-6-16-10-17-13)18(8-11-1-2-11)9-12-3-4-12/h5-6,10-12,14H,1-4,7-9,15H2. The van der Waals surface area contributed by atoms with Crippen molar-refractivity contribution in [2.24, 2.45) is 17.6 Å². The van der Waals surface area contributed by atoms with Crippen LogP contribution in [0.3, 0.4) is 0 Å². The summed E-state index contributed by atoms with van der Waals surface area (Å²) in [5.41, 5.74) is 7.07. The van der Waals surface area contributed by atoms with Crippen LogP contribution in [0.15, 0.2) is 18.6 Å². The highest BCUT2D eigenvalue weighted by atomic mass is 15.2. The Morgan fingerprint density at radius 2 is 1.89 bits per heavy atom. The van der Waals surface area contributed by atoms with Crippen molar-refractivity contribution in [2.45, 2.75) is 31.7 Å². The zero-order chi connectivity index (χ0) is 12.4. The van der Waals surface area contributed by atoms with Crippen molar-refractivity contribution < 1.29 is 0 Å². The third kappa shape index (κ3) is 3.06. The quantitative estimate of drug-likeness (QED) is 0.794. The van der Waals surface area contributed by atoms with E-state index in [-0.39, 0.29) is 6.04 Å². The summed E-state index contributed by atoms with van der Waals surface area (Å²) in [6, 6.07) is 2.28. The topological polar surface area (TPSA) is 55.0 Å². The van der Waals surface area contributed by atoms with Crippen molar-refractivity contribution in [3.63, 3.8) is 0 Å². The summed E-state index contributed by atoms with van der Waals surface area (Å²) in [7, 11) is 0. The van der Waals surface area contributed by atoms with E-state index < -0.39 is 0 Å². The van der Waals surface area contributed by atoms with Gasteiger partial charge in [-0.05, 0) is 43.6 Å². The maximum absolute atomic E-state index is 6.00. The minimum absolute atomic E-state index is 0.272. The van der Waals surface area contributed by atoms with Crippen LogP contribution in [0.5, 0.6) is 0 Å². The van der Waals surface area contributed by atoms with Crippen molar-refractivity contribution in [1.29, 1.82) is 0 Å². The van der Waals surface area contributed by atoms with Crippen LogP contribution < -0.4 is 5.73 Å². The van der Waals surface area contributed by atoms with Crippen LogP contribution in [0.25, 0.3) is 0 Å². The van der Waals surface area contributed by atoms with Crippen LogP contribution >= 0.6 is 0 Å². The van der Waals surface area contributed by atoms with E-state index in [1.807, 2.05) is 12.3 Å². The summed E-state index contributed by atoms with van der Waals surface area (Å²) < 4.78 is 0. The number of aromatic nitrogens is 2. The van der Waals surface area contributed by atoms with Crippen LogP contribution in [-0.4, -0.2) is 34.5 Å². The molecule has 0 spiro atoms. The summed E-state index contributed by atoms with van der Waals surface area (Å²) in [6.45, 7) is 3.04. The molecule has 1 aromatic heterocycles. The molecule has 0 bridgehead atoms. The smallest absolute Gasteiger partial charge is 0.115 e. The SMILES string of the molecule is NCC(c1ccncn1)N(CC1CC1)CC1CC1. The van der Waals surface area contributed by atoms with E-state index in [2.05, 4.69) is 14.9 Å². The van der Waals surface area contributed by atoms with E-state index in [0.717, 1.165) is 17.5 Å². The molecule has 1 atom stereocenters.